The lowest BCUT2D eigenvalue weighted by Crippen LogP contribution is -2.57. The minimum absolute atomic E-state index is 0.0879. The fourth-order valence-electron chi connectivity index (χ4n) is 3.83. The molecule has 0 aliphatic carbocycles. The van der Waals surface area contributed by atoms with Gasteiger partial charge in [-0.2, -0.15) is 0 Å². The third-order valence-corrected chi connectivity index (χ3v) is 6.37. The average molecular weight is 422 g/mol. The van der Waals surface area contributed by atoms with Crippen molar-refractivity contribution in [3.63, 3.8) is 0 Å². The van der Waals surface area contributed by atoms with Crippen LogP contribution in [-0.4, -0.2) is 91.6 Å². The van der Waals surface area contributed by atoms with Crippen molar-refractivity contribution in [3.05, 3.63) is 35.4 Å². The van der Waals surface area contributed by atoms with Gasteiger partial charge in [-0.25, -0.2) is 8.42 Å². The first kappa shape index (κ1) is 21.4. The average Bonchev–Trinajstić information content (AvgIpc) is 2.92. The molecule has 2 aliphatic rings. The number of sulfone groups is 1. The summed E-state index contributed by atoms with van der Waals surface area (Å²) in [4.78, 5) is 43.7. The molecular formula is C20H27N3O5S. The summed E-state index contributed by atoms with van der Waals surface area (Å²) >= 11 is 0. The maximum Gasteiger partial charge on any atom is 0.262 e. The zero-order chi connectivity index (χ0) is 21.3. The first-order valence-corrected chi connectivity index (χ1v) is 11.8. The molecule has 158 valence electrons. The van der Waals surface area contributed by atoms with E-state index in [2.05, 4.69) is 0 Å². The lowest BCUT2D eigenvalue weighted by molar-refractivity contribution is -0.138. The smallest absolute Gasteiger partial charge is 0.262 e. The van der Waals surface area contributed by atoms with Crippen LogP contribution in [0.3, 0.4) is 0 Å². The van der Waals surface area contributed by atoms with Crippen molar-refractivity contribution >= 4 is 27.6 Å². The topological polar surface area (TPSA) is 95.1 Å². The van der Waals surface area contributed by atoms with Crippen molar-refractivity contribution in [2.24, 2.45) is 5.92 Å². The number of nitrogens with zero attached hydrogens (tertiary/aromatic N) is 3. The Morgan fingerprint density at radius 1 is 1.00 bits per heavy atom. The van der Waals surface area contributed by atoms with Crippen LogP contribution >= 0.6 is 0 Å². The van der Waals surface area contributed by atoms with E-state index in [-0.39, 0.29) is 17.6 Å². The van der Waals surface area contributed by atoms with Crippen LogP contribution < -0.4 is 0 Å². The number of imide groups is 1. The Labute approximate surface area is 171 Å². The summed E-state index contributed by atoms with van der Waals surface area (Å²) in [7, 11) is -3.03. The Kier molecular flexibility index (Phi) is 6.09. The molecule has 0 bridgehead atoms. The summed E-state index contributed by atoms with van der Waals surface area (Å²) in [5, 5.41) is 0. The van der Waals surface area contributed by atoms with E-state index in [1.165, 1.54) is 6.26 Å². The molecule has 29 heavy (non-hydrogen) atoms. The van der Waals surface area contributed by atoms with Crippen molar-refractivity contribution in [1.82, 2.24) is 14.7 Å². The summed E-state index contributed by atoms with van der Waals surface area (Å²) in [6.07, 6.45) is 1.21. The third-order valence-electron chi connectivity index (χ3n) is 5.45. The number of piperazine rings is 1. The summed E-state index contributed by atoms with van der Waals surface area (Å²) < 4.78 is 22.7. The van der Waals surface area contributed by atoms with Gasteiger partial charge >= 0.3 is 0 Å². The molecule has 2 aliphatic heterocycles. The predicted molar refractivity (Wildman–Crippen MR) is 108 cm³/mol. The molecule has 9 heteroatoms. The summed E-state index contributed by atoms with van der Waals surface area (Å²) in [5.74, 6) is -1.23. The van der Waals surface area contributed by atoms with Crippen LogP contribution in [0.25, 0.3) is 0 Å². The first-order valence-electron chi connectivity index (χ1n) is 9.76. The van der Waals surface area contributed by atoms with Crippen molar-refractivity contribution in [3.8, 4) is 0 Å². The molecule has 1 atom stereocenters. The monoisotopic (exact) mass is 421 g/mol. The van der Waals surface area contributed by atoms with Gasteiger partial charge in [-0.1, -0.05) is 26.0 Å². The van der Waals surface area contributed by atoms with Gasteiger partial charge in [-0.3, -0.25) is 24.2 Å². The second kappa shape index (κ2) is 8.23. The largest absolute Gasteiger partial charge is 0.338 e. The Bertz CT molecular complexity index is 885. The van der Waals surface area contributed by atoms with Gasteiger partial charge in [0, 0.05) is 39.0 Å². The highest BCUT2D eigenvalue weighted by atomic mass is 32.2. The lowest BCUT2D eigenvalue weighted by Gasteiger charge is -2.38. The molecule has 1 unspecified atom stereocenters. The fourth-order valence-corrected chi connectivity index (χ4v) is 4.42. The summed E-state index contributed by atoms with van der Waals surface area (Å²) in [6.45, 7) is 6.10. The molecule has 2 heterocycles. The minimum atomic E-state index is -3.03. The van der Waals surface area contributed by atoms with E-state index < -0.39 is 27.7 Å². The van der Waals surface area contributed by atoms with E-state index in [0.29, 0.717) is 43.9 Å². The third kappa shape index (κ3) is 4.51. The number of amides is 3. The van der Waals surface area contributed by atoms with Crippen LogP contribution in [0.2, 0.25) is 0 Å². The zero-order valence-electron chi connectivity index (χ0n) is 17.0. The molecule has 3 rings (SSSR count). The molecule has 1 saturated heterocycles. The van der Waals surface area contributed by atoms with E-state index in [4.69, 9.17) is 0 Å². The molecule has 0 N–H and O–H groups in total. The molecule has 0 aromatic heterocycles. The summed E-state index contributed by atoms with van der Waals surface area (Å²) in [6, 6.07) is 5.77. The maximum absolute atomic E-state index is 13.3. The molecule has 3 amide bonds. The van der Waals surface area contributed by atoms with E-state index in [1.807, 2.05) is 18.7 Å². The van der Waals surface area contributed by atoms with Crippen LogP contribution in [0, 0.1) is 5.92 Å². The number of rotatable bonds is 6. The first-order chi connectivity index (χ1) is 13.6. The molecule has 0 spiro atoms. The van der Waals surface area contributed by atoms with Crippen LogP contribution in [0.5, 0.6) is 0 Å². The molecule has 8 nitrogen and oxygen atoms in total. The maximum atomic E-state index is 13.3. The van der Waals surface area contributed by atoms with Crippen molar-refractivity contribution in [1.29, 1.82) is 0 Å². The molecule has 1 aromatic rings. The Balaban J connectivity index is 1.71. The van der Waals surface area contributed by atoms with Crippen molar-refractivity contribution in [2.45, 2.75) is 19.9 Å². The normalized spacial score (nSPS) is 19.0. The Hall–Kier alpha value is -2.26. The molecule has 1 fully saturated rings. The number of fused-ring (bicyclic) bond motifs is 1. The van der Waals surface area contributed by atoms with E-state index in [0.717, 1.165) is 4.90 Å². The quantitative estimate of drug-likeness (QED) is 0.621. The zero-order valence-corrected chi connectivity index (χ0v) is 17.8. The SMILES string of the molecule is CC(C)C(C(=O)N1CCN(CCS(C)(=O)=O)CC1)N1C(=O)c2ccccc2C1=O. The van der Waals surface area contributed by atoms with Gasteiger partial charge in [0.1, 0.15) is 15.9 Å². The number of benzene rings is 1. The standard InChI is InChI=1S/C20H27N3O5S/c1-14(2)17(23-18(24)15-6-4-5-7-16(15)19(23)25)20(26)22-10-8-21(9-11-22)12-13-29(3,27)28/h4-7,14,17H,8-13H2,1-3H3. The van der Waals surface area contributed by atoms with Gasteiger partial charge in [0.25, 0.3) is 11.8 Å². The van der Waals surface area contributed by atoms with Crippen LogP contribution in [0.15, 0.2) is 24.3 Å². The second-order valence-electron chi connectivity index (χ2n) is 8.01. The van der Waals surface area contributed by atoms with Gasteiger partial charge in [-0.05, 0) is 18.1 Å². The minimum Gasteiger partial charge on any atom is -0.338 e. The van der Waals surface area contributed by atoms with Gasteiger partial charge in [0.2, 0.25) is 5.91 Å². The van der Waals surface area contributed by atoms with Crippen molar-refractivity contribution in [2.75, 3.05) is 44.7 Å². The van der Waals surface area contributed by atoms with Crippen LogP contribution in [-0.2, 0) is 14.6 Å². The predicted octanol–water partition coefficient (Wildman–Crippen LogP) is 0.496. The number of hydrogen-bond acceptors (Lipinski definition) is 6. The molecule has 0 radical (unpaired) electrons. The van der Waals surface area contributed by atoms with Gasteiger partial charge < -0.3 is 4.90 Å². The highest BCUT2D eigenvalue weighted by Gasteiger charge is 2.45. The van der Waals surface area contributed by atoms with E-state index in [1.54, 1.807) is 29.2 Å². The van der Waals surface area contributed by atoms with Crippen LogP contribution in [0.4, 0.5) is 0 Å². The lowest BCUT2D eigenvalue weighted by atomic mass is 10.0. The van der Waals surface area contributed by atoms with E-state index >= 15 is 0 Å². The Morgan fingerprint density at radius 3 is 1.97 bits per heavy atom. The van der Waals surface area contributed by atoms with Crippen molar-refractivity contribution < 1.29 is 22.8 Å². The van der Waals surface area contributed by atoms with Crippen LogP contribution in [0.1, 0.15) is 34.6 Å². The molecule has 1 aromatic carbocycles. The number of carbonyl (C=O) groups excluding carboxylic acids is 3. The second-order valence-corrected chi connectivity index (χ2v) is 10.3. The fraction of sp³-hybridized carbons (Fsp3) is 0.550. The van der Waals surface area contributed by atoms with Gasteiger partial charge in [0.15, 0.2) is 0 Å². The summed E-state index contributed by atoms with van der Waals surface area (Å²) in [5.41, 5.74) is 0.670. The number of carbonyl (C=O) groups is 3. The highest BCUT2D eigenvalue weighted by molar-refractivity contribution is 7.90. The Morgan fingerprint density at radius 2 is 1.52 bits per heavy atom. The van der Waals surface area contributed by atoms with Gasteiger partial charge in [-0.15, -0.1) is 0 Å². The highest BCUT2D eigenvalue weighted by Crippen LogP contribution is 2.28. The number of hydrogen-bond donors (Lipinski definition) is 0. The van der Waals surface area contributed by atoms with E-state index in [9.17, 15) is 22.8 Å². The van der Waals surface area contributed by atoms with Gasteiger partial charge in [0.05, 0.1) is 16.9 Å². The molecule has 0 saturated carbocycles. The molecular weight excluding hydrogens is 394 g/mol.